The predicted molar refractivity (Wildman–Crippen MR) is 95.1 cm³/mol. The number of aliphatic imine (C=N–C) groups is 1. The number of amidine groups is 1. The molecule has 0 saturated carbocycles. The summed E-state index contributed by atoms with van der Waals surface area (Å²) < 4.78 is 13.1. The number of hydrazone groups is 1. The Morgan fingerprint density at radius 2 is 1.96 bits per heavy atom. The van der Waals surface area contributed by atoms with Crippen LogP contribution < -0.4 is 5.43 Å². The first-order valence-corrected chi connectivity index (χ1v) is 7.26. The van der Waals surface area contributed by atoms with Gasteiger partial charge in [0.25, 0.3) is 0 Å². The summed E-state index contributed by atoms with van der Waals surface area (Å²) >= 11 is 0. The van der Waals surface area contributed by atoms with Gasteiger partial charge >= 0.3 is 0 Å². The Balaban J connectivity index is 0.00000192. The van der Waals surface area contributed by atoms with Crippen molar-refractivity contribution in [3.05, 3.63) is 71.0 Å². The fraction of sp³-hybridized carbons (Fsp3) is 0.222. The zero-order valence-electron chi connectivity index (χ0n) is 13.1. The highest BCUT2D eigenvalue weighted by Gasteiger charge is 2.26. The number of rotatable bonds is 2. The molecular weight excluding hydrogens is 313 g/mol. The molecule has 1 aliphatic heterocycles. The van der Waals surface area contributed by atoms with Gasteiger partial charge in [-0.1, -0.05) is 36.4 Å². The second-order valence-electron chi connectivity index (χ2n) is 6.03. The van der Waals surface area contributed by atoms with Gasteiger partial charge in [-0.3, -0.25) is 10.4 Å². The molecule has 5 heteroatoms. The van der Waals surface area contributed by atoms with Crippen molar-refractivity contribution in [3.63, 3.8) is 0 Å². The lowest BCUT2D eigenvalue weighted by atomic mass is 9.89. The van der Waals surface area contributed by atoms with Gasteiger partial charge in [-0.25, -0.2) is 4.39 Å². The average molecular weight is 332 g/mol. The molecule has 0 unspecified atom stereocenters. The first-order valence-electron chi connectivity index (χ1n) is 7.26. The van der Waals surface area contributed by atoms with E-state index in [1.807, 2.05) is 18.2 Å². The molecule has 0 bridgehead atoms. The molecule has 1 aliphatic rings. The zero-order chi connectivity index (χ0) is 15.6. The summed E-state index contributed by atoms with van der Waals surface area (Å²) in [4.78, 5) is 4.72. The van der Waals surface area contributed by atoms with E-state index in [1.54, 1.807) is 18.3 Å². The van der Waals surface area contributed by atoms with Crippen LogP contribution in [0.1, 0.15) is 30.5 Å². The maximum atomic E-state index is 13.1. The zero-order valence-corrected chi connectivity index (χ0v) is 13.9. The summed E-state index contributed by atoms with van der Waals surface area (Å²) in [5, 5.41) is 4.20. The van der Waals surface area contributed by atoms with Crippen molar-refractivity contribution in [1.29, 1.82) is 0 Å². The predicted octanol–water partition coefficient (Wildman–Crippen LogP) is 3.95. The minimum Gasteiger partial charge on any atom is -0.261 e. The van der Waals surface area contributed by atoms with Gasteiger partial charge in [0.2, 0.25) is 0 Å². The maximum absolute atomic E-state index is 13.1. The van der Waals surface area contributed by atoms with Gasteiger partial charge in [-0.05, 0) is 43.5 Å². The lowest BCUT2D eigenvalue weighted by molar-refractivity contribution is 0.509. The Labute approximate surface area is 141 Å². The van der Waals surface area contributed by atoms with Crippen LogP contribution in [0.5, 0.6) is 0 Å². The summed E-state index contributed by atoms with van der Waals surface area (Å²) in [6.07, 6.45) is 2.50. The van der Waals surface area contributed by atoms with Crippen LogP contribution in [-0.4, -0.2) is 17.6 Å². The molecule has 2 aromatic rings. The average Bonchev–Trinajstić information content (AvgIpc) is 2.46. The van der Waals surface area contributed by atoms with E-state index in [9.17, 15) is 4.39 Å². The Morgan fingerprint density at radius 3 is 2.74 bits per heavy atom. The SMILES string of the molecule is CC1(C)Cc2ccccc2C(N/N=C/c2cccc(F)c2)=N1.Cl. The summed E-state index contributed by atoms with van der Waals surface area (Å²) in [5.41, 5.74) is 5.87. The van der Waals surface area contributed by atoms with Gasteiger partial charge in [0.15, 0.2) is 0 Å². The quantitative estimate of drug-likeness (QED) is 0.656. The fourth-order valence-corrected chi connectivity index (χ4v) is 2.61. The smallest absolute Gasteiger partial charge is 0.149 e. The van der Waals surface area contributed by atoms with Crippen LogP contribution in [0.15, 0.2) is 58.6 Å². The highest BCUT2D eigenvalue weighted by molar-refractivity contribution is 6.01. The molecule has 0 aromatic heterocycles. The Hall–Kier alpha value is -2.20. The molecule has 0 fully saturated rings. The third kappa shape index (κ3) is 4.17. The molecule has 0 aliphatic carbocycles. The molecule has 1 N–H and O–H groups in total. The highest BCUT2D eigenvalue weighted by Crippen LogP contribution is 2.25. The molecule has 0 atom stereocenters. The van der Waals surface area contributed by atoms with Crippen molar-refractivity contribution in [1.82, 2.24) is 5.43 Å². The van der Waals surface area contributed by atoms with E-state index in [-0.39, 0.29) is 23.8 Å². The number of hydrogen-bond acceptors (Lipinski definition) is 3. The minimum atomic E-state index is -0.273. The van der Waals surface area contributed by atoms with Crippen molar-refractivity contribution >= 4 is 24.5 Å². The first-order chi connectivity index (χ1) is 10.5. The van der Waals surface area contributed by atoms with Crippen LogP contribution in [0.25, 0.3) is 0 Å². The van der Waals surface area contributed by atoms with Crippen LogP contribution in [0, 0.1) is 5.82 Å². The number of nitrogens with one attached hydrogen (secondary N) is 1. The molecule has 0 radical (unpaired) electrons. The minimum absolute atomic E-state index is 0. The highest BCUT2D eigenvalue weighted by atomic mass is 35.5. The molecule has 3 nitrogen and oxygen atoms in total. The topological polar surface area (TPSA) is 36.8 Å². The molecule has 0 spiro atoms. The van der Waals surface area contributed by atoms with E-state index in [2.05, 4.69) is 30.4 Å². The fourth-order valence-electron chi connectivity index (χ4n) is 2.61. The molecule has 120 valence electrons. The van der Waals surface area contributed by atoms with Crippen LogP contribution in [-0.2, 0) is 6.42 Å². The molecule has 1 heterocycles. The molecule has 2 aromatic carbocycles. The number of nitrogens with zero attached hydrogens (tertiary/aromatic N) is 2. The lowest BCUT2D eigenvalue weighted by Crippen LogP contribution is -2.34. The van der Waals surface area contributed by atoms with Gasteiger partial charge in [0, 0.05) is 5.56 Å². The van der Waals surface area contributed by atoms with E-state index >= 15 is 0 Å². The van der Waals surface area contributed by atoms with Crippen molar-refractivity contribution < 1.29 is 4.39 Å². The number of fused-ring (bicyclic) bond motifs is 1. The van der Waals surface area contributed by atoms with E-state index in [1.165, 1.54) is 17.7 Å². The monoisotopic (exact) mass is 331 g/mol. The van der Waals surface area contributed by atoms with Crippen LogP contribution >= 0.6 is 12.4 Å². The molecule has 23 heavy (non-hydrogen) atoms. The maximum Gasteiger partial charge on any atom is 0.149 e. The molecule has 0 saturated heterocycles. The molecule has 3 rings (SSSR count). The van der Waals surface area contributed by atoms with Gasteiger partial charge in [0.1, 0.15) is 11.7 Å². The van der Waals surface area contributed by atoms with Crippen molar-refractivity contribution in [2.24, 2.45) is 10.1 Å². The molecular formula is C18H19ClFN3. The second kappa shape index (κ2) is 6.92. The van der Waals surface area contributed by atoms with Gasteiger partial charge < -0.3 is 0 Å². The summed E-state index contributed by atoms with van der Waals surface area (Å²) in [7, 11) is 0. The number of halogens is 2. The van der Waals surface area contributed by atoms with E-state index in [0.29, 0.717) is 5.56 Å². The largest absolute Gasteiger partial charge is 0.261 e. The van der Waals surface area contributed by atoms with Crippen LogP contribution in [0.2, 0.25) is 0 Å². The lowest BCUT2D eigenvalue weighted by Gasteiger charge is -2.28. The van der Waals surface area contributed by atoms with Gasteiger partial charge in [-0.2, -0.15) is 5.10 Å². The van der Waals surface area contributed by atoms with Gasteiger partial charge in [-0.15, -0.1) is 12.4 Å². The Bertz CT molecular complexity index is 753. The van der Waals surface area contributed by atoms with Crippen molar-refractivity contribution in [2.75, 3.05) is 0 Å². The number of benzene rings is 2. The van der Waals surface area contributed by atoms with E-state index in [0.717, 1.165) is 17.8 Å². The summed E-state index contributed by atoms with van der Waals surface area (Å²) in [5.74, 6) is 0.477. The van der Waals surface area contributed by atoms with Crippen LogP contribution in [0.4, 0.5) is 4.39 Å². The number of hydrogen-bond donors (Lipinski definition) is 1. The van der Waals surface area contributed by atoms with Crippen molar-refractivity contribution in [2.45, 2.75) is 25.8 Å². The normalized spacial score (nSPS) is 15.5. The Kier molecular flexibility index (Phi) is 5.16. The molecule has 0 amide bonds. The third-order valence-electron chi connectivity index (χ3n) is 3.54. The first kappa shape index (κ1) is 17.2. The summed E-state index contributed by atoms with van der Waals surface area (Å²) in [6.45, 7) is 4.20. The Morgan fingerprint density at radius 1 is 1.17 bits per heavy atom. The van der Waals surface area contributed by atoms with E-state index in [4.69, 9.17) is 4.99 Å². The standard InChI is InChI=1S/C18H18FN3.ClH/c1-18(2)11-14-7-3-4-9-16(14)17(21-18)22-20-12-13-6-5-8-15(19)10-13;/h3-10,12H,11H2,1-2H3,(H,21,22);1H/b20-12+;. The van der Waals surface area contributed by atoms with Crippen molar-refractivity contribution in [3.8, 4) is 0 Å². The third-order valence-corrected chi connectivity index (χ3v) is 3.54. The van der Waals surface area contributed by atoms with Gasteiger partial charge in [0.05, 0.1) is 11.8 Å². The summed E-state index contributed by atoms with van der Waals surface area (Å²) in [6, 6.07) is 14.5. The van der Waals surface area contributed by atoms with Crippen LogP contribution in [0.3, 0.4) is 0 Å². The van der Waals surface area contributed by atoms with E-state index < -0.39 is 0 Å². The second-order valence-corrected chi connectivity index (χ2v) is 6.03.